The molecule has 0 unspecified atom stereocenters. The van der Waals surface area contributed by atoms with Crippen LogP contribution in [0.4, 0.5) is 10.1 Å². The van der Waals surface area contributed by atoms with Gasteiger partial charge in [-0.15, -0.1) is 0 Å². The first-order chi connectivity index (χ1) is 9.43. The summed E-state index contributed by atoms with van der Waals surface area (Å²) in [5, 5.41) is 10.6. The number of hydrogen-bond acceptors (Lipinski definition) is 3. The first-order valence-electron chi connectivity index (χ1n) is 7.15. The topological polar surface area (TPSA) is 69.2 Å². The van der Waals surface area contributed by atoms with E-state index in [-0.39, 0.29) is 5.54 Å². The Hall–Kier alpha value is -1.49. The standard InChI is InChI=1S/C15H21FN2O2/c1-2-11-5-7-15(17,8-6-11)10-12-3-4-14(18(19)20)13(16)9-12/h3-4,9,11H,2,5-8,10,17H2,1H3. The second-order valence-electron chi connectivity index (χ2n) is 5.93. The summed E-state index contributed by atoms with van der Waals surface area (Å²) in [6.45, 7) is 2.19. The predicted molar refractivity (Wildman–Crippen MR) is 75.9 cm³/mol. The summed E-state index contributed by atoms with van der Waals surface area (Å²) in [5.41, 5.74) is 6.37. The SMILES string of the molecule is CCC1CCC(N)(Cc2ccc([N+](=O)[O-])c(F)c2)CC1. The van der Waals surface area contributed by atoms with Gasteiger partial charge in [0.2, 0.25) is 5.82 Å². The van der Waals surface area contributed by atoms with Crippen molar-refractivity contribution in [3.05, 3.63) is 39.7 Å². The second kappa shape index (κ2) is 5.87. The van der Waals surface area contributed by atoms with Crippen LogP contribution in [0, 0.1) is 21.8 Å². The quantitative estimate of drug-likeness (QED) is 0.677. The molecule has 0 aliphatic heterocycles. The average molecular weight is 280 g/mol. The molecule has 4 nitrogen and oxygen atoms in total. The highest BCUT2D eigenvalue weighted by Gasteiger charge is 2.31. The Labute approximate surface area is 118 Å². The smallest absolute Gasteiger partial charge is 0.304 e. The van der Waals surface area contributed by atoms with Gasteiger partial charge in [-0.2, -0.15) is 4.39 Å². The van der Waals surface area contributed by atoms with E-state index in [1.165, 1.54) is 18.6 Å². The lowest BCUT2D eigenvalue weighted by Crippen LogP contribution is -2.45. The van der Waals surface area contributed by atoms with Gasteiger partial charge in [-0.1, -0.05) is 19.4 Å². The molecule has 0 bridgehead atoms. The molecule has 2 N–H and O–H groups in total. The zero-order valence-electron chi connectivity index (χ0n) is 11.8. The van der Waals surface area contributed by atoms with Crippen molar-refractivity contribution in [3.8, 4) is 0 Å². The van der Waals surface area contributed by atoms with Crippen LogP contribution >= 0.6 is 0 Å². The molecule has 0 radical (unpaired) electrons. The van der Waals surface area contributed by atoms with Crippen LogP contribution in [-0.4, -0.2) is 10.5 Å². The number of rotatable bonds is 4. The van der Waals surface area contributed by atoms with Gasteiger partial charge in [-0.05, 0) is 49.7 Å². The zero-order chi connectivity index (χ0) is 14.8. The molecule has 5 heteroatoms. The first kappa shape index (κ1) is 14.9. The molecule has 0 aromatic heterocycles. The average Bonchev–Trinajstić information content (AvgIpc) is 2.39. The number of halogens is 1. The summed E-state index contributed by atoms with van der Waals surface area (Å²) in [5.74, 6) is -0.0291. The lowest BCUT2D eigenvalue weighted by Gasteiger charge is -2.37. The highest BCUT2D eigenvalue weighted by atomic mass is 19.1. The number of nitro groups is 1. The Morgan fingerprint density at radius 2 is 2.10 bits per heavy atom. The molecule has 1 aromatic rings. The molecular formula is C15H21FN2O2. The summed E-state index contributed by atoms with van der Waals surface area (Å²) in [6, 6.07) is 4.09. The molecular weight excluding hydrogens is 259 g/mol. The van der Waals surface area contributed by atoms with Gasteiger partial charge in [0.25, 0.3) is 0 Å². The molecule has 0 amide bonds. The Kier molecular flexibility index (Phi) is 4.38. The third-order valence-electron chi connectivity index (χ3n) is 4.44. The van der Waals surface area contributed by atoms with Gasteiger partial charge >= 0.3 is 5.69 Å². The van der Waals surface area contributed by atoms with E-state index in [0.717, 1.165) is 37.2 Å². The fourth-order valence-corrected chi connectivity index (χ4v) is 3.05. The lowest BCUT2D eigenvalue weighted by atomic mass is 9.73. The van der Waals surface area contributed by atoms with Crippen LogP contribution in [0.5, 0.6) is 0 Å². The maximum absolute atomic E-state index is 13.6. The van der Waals surface area contributed by atoms with Crippen molar-refractivity contribution in [1.82, 2.24) is 0 Å². The fraction of sp³-hybridized carbons (Fsp3) is 0.600. The molecule has 2 rings (SSSR count). The van der Waals surface area contributed by atoms with Gasteiger partial charge in [-0.3, -0.25) is 10.1 Å². The summed E-state index contributed by atoms with van der Waals surface area (Å²) < 4.78 is 13.6. The molecule has 1 aliphatic carbocycles. The van der Waals surface area contributed by atoms with E-state index in [1.807, 2.05) is 0 Å². The molecule has 0 spiro atoms. The maximum atomic E-state index is 13.6. The normalized spacial score (nSPS) is 26.4. The zero-order valence-corrected chi connectivity index (χ0v) is 11.8. The van der Waals surface area contributed by atoms with E-state index < -0.39 is 16.4 Å². The van der Waals surface area contributed by atoms with Crippen LogP contribution in [0.15, 0.2) is 18.2 Å². The number of nitrogens with two attached hydrogens (primary N) is 1. The summed E-state index contributed by atoms with van der Waals surface area (Å²) in [4.78, 5) is 9.89. The van der Waals surface area contributed by atoms with E-state index in [9.17, 15) is 14.5 Å². The number of nitrogens with zero attached hydrogens (tertiary/aromatic N) is 1. The van der Waals surface area contributed by atoms with E-state index >= 15 is 0 Å². The monoisotopic (exact) mass is 280 g/mol. The molecule has 0 atom stereocenters. The molecule has 1 aromatic carbocycles. The van der Waals surface area contributed by atoms with Crippen molar-refractivity contribution in [2.75, 3.05) is 0 Å². The van der Waals surface area contributed by atoms with Crippen molar-refractivity contribution < 1.29 is 9.31 Å². The summed E-state index contributed by atoms with van der Waals surface area (Å²) in [7, 11) is 0. The number of benzene rings is 1. The molecule has 1 saturated carbocycles. The Bertz CT molecular complexity index is 497. The van der Waals surface area contributed by atoms with Crippen molar-refractivity contribution in [3.63, 3.8) is 0 Å². The van der Waals surface area contributed by atoms with Crippen LogP contribution in [0.25, 0.3) is 0 Å². The highest BCUT2D eigenvalue weighted by Crippen LogP contribution is 2.34. The molecule has 1 fully saturated rings. The molecule has 0 heterocycles. The van der Waals surface area contributed by atoms with Crippen LogP contribution in [-0.2, 0) is 6.42 Å². The number of hydrogen-bond donors (Lipinski definition) is 1. The van der Waals surface area contributed by atoms with E-state index in [2.05, 4.69) is 6.92 Å². The second-order valence-corrected chi connectivity index (χ2v) is 5.93. The third kappa shape index (κ3) is 3.33. The molecule has 0 saturated heterocycles. The van der Waals surface area contributed by atoms with Gasteiger partial charge in [0.15, 0.2) is 0 Å². The van der Waals surface area contributed by atoms with Crippen molar-refractivity contribution in [2.24, 2.45) is 11.7 Å². The van der Waals surface area contributed by atoms with Gasteiger partial charge in [-0.25, -0.2) is 0 Å². The van der Waals surface area contributed by atoms with Gasteiger partial charge < -0.3 is 5.73 Å². The van der Waals surface area contributed by atoms with E-state index in [4.69, 9.17) is 5.73 Å². The van der Waals surface area contributed by atoms with Crippen LogP contribution in [0.2, 0.25) is 0 Å². The first-order valence-corrected chi connectivity index (χ1v) is 7.15. The molecule has 1 aliphatic rings. The van der Waals surface area contributed by atoms with Crippen LogP contribution < -0.4 is 5.73 Å². The number of nitro benzene ring substituents is 1. The molecule has 110 valence electrons. The molecule has 20 heavy (non-hydrogen) atoms. The van der Waals surface area contributed by atoms with Crippen molar-refractivity contribution in [2.45, 2.75) is 51.0 Å². The predicted octanol–water partition coefficient (Wildman–Crippen LogP) is 3.57. The maximum Gasteiger partial charge on any atom is 0.304 e. The van der Waals surface area contributed by atoms with Crippen LogP contribution in [0.3, 0.4) is 0 Å². The summed E-state index contributed by atoms with van der Waals surface area (Å²) >= 11 is 0. The lowest BCUT2D eigenvalue weighted by molar-refractivity contribution is -0.387. The Balaban J connectivity index is 2.06. The Morgan fingerprint density at radius 1 is 1.45 bits per heavy atom. The Morgan fingerprint density at radius 3 is 2.60 bits per heavy atom. The minimum Gasteiger partial charge on any atom is -0.325 e. The van der Waals surface area contributed by atoms with Crippen molar-refractivity contribution >= 4 is 5.69 Å². The summed E-state index contributed by atoms with van der Waals surface area (Å²) in [6.07, 6.45) is 5.86. The highest BCUT2D eigenvalue weighted by molar-refractivity contribution is 5.35. The fourth-order valence-electron chi connectivity index (χ4n) is 3.05. The third-order valence-corrected chi connectivity index (χ3v) is 4.44. The van der Waals surface area contributed by atoms with Gasteiger partial charge in [0, 0.05) is 11.6 Å². The van der Waals surface area contributed by atoms with Crippen LogP contribution in [0.1, 0.15) is 44.6 Å². The van der Waals surface area contributed by atoms with Crippen molar-refractivity contribution in [1.29, 1.82) is 0 Å². The minimum absolute atomic E-state index is 0.297. The van der Waals surface area contributed by atoms with Gasteiger partial charge in [0.1, 0.15) is 0 Å². The minimum atomic E-state index is -0.779. The largest absolute Gasteiger partial charge is 0.325 e. The van der Waals surface area contributed by atoms with Gasteiger partial charge in [0.05, 0.1) is 4.92 Å². The van der Waals surface area contributed by atoms with E-state index in [0.29, 0.717) is 6.42 Å². The van der Waals surface area contributed by atoms with E-state index in [1.54, 1.807) is 6.07 Å².